The molecule has 16 heteroatoms. The number of aliphatic hydroxyl groups is 4. The molecular formula is C39H51N2O13P. The first kappa shape index (κ1) is 43.9. The van der Waals surface area contributed by atoms with Crippen LogP contribution in [0.3, 0.4) is 0 Å². The maximum atomic E-state index is 13.2. The van der Waals surface area contributed by atoms with Crippen molar-refractivity contribution in [1.82, 2.24) is 10.6 Å². The van der Waals surface area contributed by atoms with Gasteiger partial charge in [0.1, 0.15) is 31.0 Å². The summed E-state index contributed by atoms with van der Waals surface area (Å²) in [6.45, 7) is 2.56. The fraction of sp³-hybridized carbons (Fsp3) is 0.462. The van der Waals surface area contributed by atoms with Crippen LogP contribution in [-0.4, -0.2) is 142 Å². The molecule has 300 valence electrons. The summed E-state index contributed by atoms with van der Waals surface area (Å²) in [5, 5.41) is 47.0. The van der Waals surface area contributed by atoms with Gasteiger partial charge in [-0.15, -0.1) is 0 Å². The van der Waals surface area contributed by atoms with Crippen LogP contribution in [0.15, 0.2) is 78.9 Å². The van der Waals surface area contributed by atoms with Gasteiger partial charge in [0.25, 0.3) is 5.91 Å². The Morgan fingerprint density at radius 3 is 1.84 bits per heavy atom. The third kappa shape index (κ3) is 14.0. The molecule has 2 amide bonds. The van der Waals surface area contributed by atoms with Crippen LogP contribution in [0.25, 0.3) is 0 Å². The number of aliphatic hydroxyl groups excluding tert-OH is 4. The molecule has 15 nitrogen and oxygen atoms in total. The highest BCUT2D eigenvalue weighted by Gasteiger charge is 2.43. The van der Waals surface area contributed by atoms with Crippen LogP contribution >= 0.6 is 7.92 Å². The Morgan fingerprint density at radius 2 is 1.25 bits per heavy atom. The summed E-state index contributed by atoms with van der Waals surface area (Å²) in [5.41, 5.74) is 0.871. The number of ether oxygens (including phenoxy) is 6. The SMILES string of the molecule is COC(=O)c1ccc(C(=O)NCCCOCCOCCOCCCNC(=O)COCC2O[C@@H](O)C(O)[C@@H](O)[C@@H]2O)cc1P(c1ccccc1)c1ccccc1. The molecule has 0 aliphatic carbocycles. The van der Waals surface area contributed by atoms with Gasteiger partial charge >= 0.3 is 5.97 Å². The molecule has 1 aliphatic heterocycles. The summed E-state index contributed by atoms with van der Waals surface area (Å²) < 4.78 is 31.9. The Labute approximate surface area is 321 Å². The van der Waals surface area contributed by atoms with Gasteiger partial charge in [-0.25, -0.2) is 4.79 Å². The molecule has 1 aliphatic rings. The minimum Gasteiger partial charge on any atom is -0.465 e. The van der Waals surface area contributed by atoms with E-state index in [4.69, 9.17) is 28.4 Å². The van der Waals surface area contributed by atoms with Gasteiger partial charge in [0.05, 0.1) is 45.7 Å². The second kappa shape index (κ2) is 23.9. The highest BCUT2D eigenvalue weighted by Crippen LogP contribution is 2.34. The number of benzene rings is 3. The van der Waals surface area contributed by atoms with Gasteiger partial charge < -0.3 is 59.5 Å². The van der Waals surface area contributed by atoms with Crippen LogP contribution in [0, 0.1) is 0 Å². The quantitative estimate of drug-likeness (QED) is 0.0416. The van der Waals surface area contributed by atoms with Gasteiger partial charge in [-0.05, 0) is 49.6 Å². The van der Waals surface area contributed by atoms with E-state index in [0.717, 1.165) is 15.9 Å². The van der Waals surface area contributed by atoms with E-state index in [9.17, 15) is 34.8 Å². The molecule has 3 aromatic rings. The third-order valence-corrected chi connectivity index (χ3v) is 10.9. The van der Waals surface area contributed by atoms with Crippen molar-refractivity contribution in [1.29, 1.82) is 0 Å². The number of methoxy groups -OCH3 is 1. The van der Waals surface area contributed by atoms with Crippen LogP contribution in [0.5, 0.6) is 0 Å². The van der Waals surface area contributed by atoms with E-state index >= 15 is 0 Å². The highest BCUT2D eigenvalue weighted by atomic mass is 31.1. The largest absolute Gasteiger partial charge is 0.465 e. The minimum absolute atomic E-state index is 0.248. The van der Waals surface area contributed by atoms with Crippen molar-refractivity contribution in [3.05, 3.63) is 90.0 Å². The van der Waals surface area contributed by atoms with E-state index in [1.54, 1.807) is 18.2 Å². The van der Waals surface area contributed by atoms with Crippen LogP contribution in [0.1, 0.15) is 33.6 Å². The Kier molecular flexibility index (Phi) is 19.1. The summed E-state index contributed by atoms with van der Waals surface area (Å²) >= 11 is 0. The first-order valence-corrected chi connectivity index (χ1v) is 19.4. The van der Waals surface area contributed by atoms with Crippen molar-refractivity contribution < 1.29 is 63.2 Å². The third-order valence-electron chi connectivity index (χ3n) is 8.42. The monoisotopic (exact) mass is 786 g/mol. The molecule has 0 radical (unpaired) electrons. The molecule has 1 fully saturated rings. The topological polar surface area (TPSA) is 212 Å². The molecule has 1 saturated heterocycles. The zero-order valence-electron chi connectivity index (χ0n) is 30.8. The normalized spacial score (nSPS) is 19.6. The van der Waals surface area contributed by atoms with Crippen molar-refractivity contribution >= 4 is 41.6 Å². The molecular weight excluding hydrogens is 735 g/mol. The van der Waals surface area contributed by atoms with Gasteiger partial charge in [0.2, 0.25) is 5.91 Å². The zero-order chi connectivity index (χ0) is 39.4. The fourth-order valence-electron chi connectivity index (χ4n) is 5.53. The number of hydrogen-bond acceptors (Lipinski definition) is 13. The highest BCUT2D eigenvalue weighted by molar-refractivity contribution is 7.80. The molecule has 3 aromatic carbocycles. The Hall–Kier alpha value is -3.86. The number of nitrogens with one attached hydrogen (secondary N) is 2. The van der Waals surface area contributed by atoms with Gasteiger partial charge in [-0.3, -0.25) is 9.59 Å². The standard InChI is InChI=1S/C39H51N2O13P/c1-49-38(47)30-15-14-27(24-32(30)55(28-10-4-2-5-11-28)29-12-6-3-7-13-29)37(46)41-17-9-19-51-21-23-52-22-20-50-18-8-16-40-33(42)26-53-25-31-34(43)35(44)36(45)39(48)54-31/h2-7,10-15,24,31,34-36,39,43-45,48H,8-9,16-23,25-26H2,1H3,(H,40,42)(H,41,46)/t31?,34-,35+,36?,39-/m1/s1. The molecule has 0 spiro atoms. The number of carbonyl (C=O) groups is 3. The van der Waals surface area contributed by atoms with Crippen LogP contribution in [-0.2, 0) is 33.2 Å². The molecule has 55 heavy (non-hydrogen) atoms. The lowest BCUT2D eigenvalue weighted by molar-refractivity contribution is -0.288. The first-order chi connectivity index (χ1) is 26.7. The smallest absolute Gasteiger partial charge is 0.338 e. The number of amides is 2. The van der Waals surface area contributed by atoms with Crippen molar-refractivity contribution in [2.75, 3.05) is 73.1 Å². The zero-order valence-corrected chi connectivity index (χ0v) is 31.7. The van der Waals surface area contributed by atoms with Crippen molar-refractivity contribution in [3.63, 3.8) is 0 Å². The van der Waals surface area contributed by atoms with Gasteiger partial charge in [-0.2, -0.15) is 0 Å². The summed E-state index contributed by atoms with van der Waals surface area (Å²) in [6.07, 6.45) is -6.28. The van der Waals surface area contributed by atoms with E-state index in [1.807, 2.05) is 60.7 Å². The lowest BCUT2D eigenvalue weighted by Gasteiger charge is -2.38. The molecule has 6 N–H and O–H groups in total. The van der Waals surface area contributed by atoms with Gasteiger partial charge in [0, 0.05) is 37.2 Å². The Morgan fingerprint density at radius 1 is 0.691 bits per heavy atom. The first-order valence-electron chi connectivity index (χ1n) is 18.1. The summed E-state index contributed by atoms with van der Waals surface area (Å²) in [7, 11) is 0.199. The predicted molar refractivity (Wildman–Crippen MR) is 203 cm³/mol. The number of carbonyl (C=O) groups excluding carboxylic acids is 3. The molecule has 2 unspecified atom stereocenters. The maximum absolute atomic E-state index is 13.2. The fourth-order valence-corrected chi connectivity index (χ4v) is 8.00. The summed E-state index contributed by atoms with van der Waals surface area (Å²) in [5.74, 6) is -1.10. The lowest BCUT2D eigenvalue weighted by Crippen LogP contribution is -2.58. The number of rotatable bonds is 23. The summed E-state index contributed by atoms with van der Waals surface area (Å²) in [4.78, 5) is 37.9. The van der Waals surface area contributed by atoms with Gasteiger partial charge in [-0.1, -0.05) is 60.7 Å². The van der Waals surface area contributed by atoms with Gasteiger partial charge in [0.15, 0.2) is 6.29 Å². The molecule has 0 aromatic heterocycles. The van der Waals surface area contributed by atoms with Crippen LogP contribution < -0.4 is 26.5 Å². The molecule has 4 rings (SSSR count). The van der Waals surface area contributed by atoms with E-state index < -0.39 is 50.5 Å². The molecule has 0 bridgehead atoms. The van der Waals surface area contributed by atoms with Crippen LogP contribution in [0.2, 0.25) is 0 Å². The molecule has 1 heterocycles. The maximum Gasteiger partial charge on any atom is 0.338 e. The second-order valence-corrected chi connectivity index (χ2v) is 14.6. The number of esters is 1. The number of hydrogen-bond donors (Lipinski definition) is 6. The average molecular weight is 787 g/mol. The van der Waals surface area contributed by atoms with Crippen molar-refractivity contribution in [3.8, 4) is 0 Å². The predicted octanol–water partition coefficient (Wildman–Crippen LogP) is -0.276. The van der Waals surface area contributed by atoms with Crippen molar-refractivity contribution in [2.24, 2.45) is 0 Å². The Balaban J connectivity index is 1.04. The second-order valence-electron chi connectivity index (χ2n) is 12.4. The van der Waals surface area contributed by atoms with E-state index in [-0.39, 0.29) is 19.1 Å². The molecule has 0 saturated carbocycles. The lowest BCUT2D eigenvalue weighted by atomic mass is 9.99. The Bertz CT molecular complexity index is 1560. The summed E-state index contributed by atoms with van der Waals surface area (Å²) in [6, 6.07) is 24.9. The van der Waals surface area contributed by atoms with E-state index in [1.165, 1.54) is 7.11 Å². The van der Waals surface area contributed by atoms with Crippen LogP contribution in [0.4, 0.5) is 0 Å². The molecule has 5 atom stereocenters. The average Bonchev–Trinajstić information content (AvgIpc) is 3.20. The van der Waals surface area contributed by atoms with E-state index in [2.05, 4.69) is 10.6 Å². The van der Waals surface area contributed by atoms with E-state index in [0.29, 0.717) is 76.7 Å². The minimum atomic E-state index is -1.66. The van der Waals surface area contributed by atoms with Crippen molar-refractivity contribution in [2.45, 2.75) is 43.5 Å².